The lowest BCUT2D eigenvalue weighted by Gasteiger charge is -2.26. The molecule has 15 nitrogen and oxygen atoms in total. The second-order valence-electron chi connectivity index (χ2n) is 12.6. The number of ether oxygens (including phenoxy) is 1. The highest BCUT2D eigenvalue weighted by Gasteiger charge is 2.47. The molecule has 0 amide bonds. The minimum absolute atomic E-state index is 0.0130. The molecule has 4 atom stereocenters. The molecule has 5 N–H and O–H groups in total. The van der Waals surface area contributed by atoms with Crippen molar-refractivity contribution < 1.29 is 20.1 Å². The van der Waals surface area contributed by atoms with Gasteiger partial charge in [0.1, 0.15) is 12.2 Å². The Morgan fingerprint density at radius 3 is 2.33 bits per heavy atom. The Hall–Kier alpha value is -4.54. The van der Waals surface area contributed by atoms with Crippen LogP contribution in [0.4, 0.5) is 11.8 Å². The lowest BCUT2D eigenvalue weighted by molar-refractivity contribution is -0.0384. The van der Waals surface area contributed by atoms with Crippen molar-refractivity contribution in [2.24, 2.45) is 0 Å². The zero-order chi connectivity index (χ0) is 33.6. The van der Waals surface area contributed by atoms with Crippen molar-refractivity contribution in [3.63, 3.8) is 0 Å². The Kier molecular flexibility index (Phi) is 10.3. The number of aliphatic hydroxyl groups excluding tert-OH is 3. The van der Waals surface area contributed by atoms with Gasteiger partial charge in [-0.3, -0.25) is 4.57 Å². The highest BCUT2D eigenvalue weighted by atomic mass is 16.6. The van der Waals surface area contributed by atoms with Crippen molar-refractivity contribution in [1.29, 1.82) is 0 Å². The minimum Gasteiger partial charge on any atom is -0.396 e. The number of likely N-dealkylation sites (tertiary alicyclic amines) is 1. The SMILES string of the molecule is OCCCn1nnc([C@H]2O[C@@H](n3cnc4c(NCC(c5ccccc5)c5ccccc5)nc(NCCN5CCCCC5)nc43)[C@H](O)[C@@H]2O)n1. The molecule has 0 spiro atoms. The van der Waals surface area contributed by atoms with Gasteiger partial charge in [-0.25, -0.2) is 4.98 Å². The van der Waals surface area contributed by atoms with Gasteiger partial charge in [0.25, 0.3) is 0 Å². The first-order chi connectivity index (χ1) is 24.1. The van der Waals surface area contributed by atoms with Crippen LogP contribution in [0.2, 0.25) is 0 Å². The second kappa shape index (κ2) is 15.3. The van der Waals surface area contributed by atoms with Gasteiger partial charge < -0.3 is 35.6 Å². The third-order valence-electron chi connectivity index (χ3n) is 9.21. The summed E-state index contributed by atoms with van der Waals surface area (Å²) >= 11 is 0. The van der Waals surface area contributed by atoms with Crippen molar-refractivity contribution in [3.8, 4) is 0 Å². The largest absolute Gasteiger partial charge is 0.396 e. The minimum atomic E-state index is -1.32. The molecule has 2 aliphatic heterocycles. The van der Waals surface area contributed by atoms with Gasteiger partial charge in [0.15, 0.2) is 29.3 Å². The highest BCUT2D eigenvalue weighted by molar-refractivity contribution is 5.84. The van der Waals surface area contributed by atoms with E-state index in [1.807, 2.05) is 36.4 Å². The van der Waals surface area contributed by atoms with E-state index in [0.29, 0.717) is 49.0 Å². The first-order valence-electron chi connectivity index (χ1n) is 17.0. The van der Waals surface area contributed by atoms with Crippen LogP contribution in [0, 0.1) is 0 Å². The molecule has 2 fully saturated rings. The topological polar surface area (TPSA) is 184 Å². The second-order valence-corrected chi connectivity index (χ2v) is 12.6. The summed E-state index contributed by atoms with van der Waals surface area (Å²) in [5, 5.41) is 50.7. The van der Waals surface area contributed by atoms with Crippen LogP contribution in [0.3, 0.4) is 0 Å². The number of aryl methyl sites for hydroxylation is 1. The van der Waals surface area contributed by atoms with Crippen molar-refractivity contribution in [1.82, 2.24) is 44.6 Å². The molecule has 0 aliphatic carbocycles. The van der Waals surface area contributed by atoms with Gasteiger partial charge in [-0.05, 0) is 48.7 Å². The lowest BCUT2D eigenvalue weighted by atomic mass is 9.91. The van der Waals surface area contributed by atoms with Crippen LogP contribution in [0.25, 0.3) is 11.2 Å². The van der Waals surface area contributed by atoms with E-state index in [2.05, 4.69) is 60.2 Å². The van der Waals surface area contributed by atoms with Crippen LogP contribution >= 0.6 is 0 Å². The summed E-state index contributed by atoms with van der Waals surface area (Å²) in [7, 11) is 0. The normalized spacial score (nSPS) is 21.5. The number of fused-ring (bicyclic) bond motifs is 1. The predicted molar refractivity (Wildman–Crippen MR) is 182 cm³/mol. The number of nitrogens with zero attached hydrogens (tertiary/aromatic N) is 9. The monoisotopic (exact) mass is 669 g/mol. The van der Waals surface area contributed by atoms with Gasteiger partial charge in [0, 0.05) is 32.2 Å². The van der Waals surface area contributed by atoms with Crippen molar-refractivity contribution in [3.05, 3.63) is 83.9 Å². The Balaban J connectivity index is 1.18. The maximum atomic E-state index is 11.2. The third kappa shape index (κ3) is 7.40. The molecule has 7 rings (SSSR count). The molecular formula is C34H43N11O4. The molecule has 258 valence electrons. The standard InChI is InChI=1S/C34H43N11O4/c46-20-10-18-45-41-31(40-42-45)29-27(47)28(48)33(49-29)44-22-37-26-30(38-34(39-32(26)44)35-15-19-43-16-8-3-9-17-43)36-21-25(23-11-4-1-5-12-23)24-13-6-2-7-14-24/h1-2,4-7,11-14,22,25,27-29,33,46-48H,3,8-10,15-21H2,(H2,35,36,38,39)/t27-,28+,29-,33+/m0/s1. The molecule has 0 saturated carbocycles. The third-order valence-corrected chi connectivity index (χ3v) is 9.21. The van der Waals surface area contributed by atoms with E-state index in [1.54, 1.807) is 10.9 Å². The van der Waals surface area contributed by atoms with E-state index in [9.17, 15) is 10.2 Å². The van der Waals surface area contributed by atoms with Gasteiger partial charge in [0.05, 0.1) is 12.9 Å². The van der Waals surface area contributed by atoms with Gasteiger partial charge in [-0.1, -0.05) is 67.1 Å². The number of aliphatic hydroxyl groups is 3. The quantitative estimate of drug-likeness (QED) is 0.116. The van der Waals surface area contributed by atoms with Crippen LogP contribution in [-0.2, 0) is 11.3 Å². The van der Waals surface area contributed by atoms with E-state index in [4.69, 9.17) is 19.8 Å². The number of anilines is 2. The maximum absolute atomic E-state index is 11.2. The lowest BCUT2D eigenvalue weighted by Crippen LogP contribution is -2.34. The van der Waals surface area contributed by atoms with Crippen LogP contribution in [0.15, 0.2) is 67.0 Å². The zero-order valence-corrected chi connectivity index (χ0v) is 27.3. The summed E-state index contributed by atoms with van der Waals surface area (Å²) in [6.45, 7) is 4.61. The Labute approximate surface area is 284 Å². The number of tetrazole rings is 1. The van der Waals surface area contributed by atoms with Gasteiger partial charge in [0.2, 0.25) is 11.8 Å². The molecule has 15 heteroatoms. The first kappa shape index (κ1) is 33.0. The first-order valence-corrected chi connectivity index (χ1v) is 17.0. The molecule has 5 heterocycles. The van der Waals surface area contributed by atoms with Gasteiger partial charge >= 0.3 is 0 Å². The molecule has 5 aromatic rings. The summed E-state index contributed by atoms with van der Waals surface area (Å²) < 4.78 is 7.80. The molecule has 3 aromatic heterocycles. The zero-order valence-electron chi connectivity index (χ0n) is 27.3. The van der Waals surface area contributed by atoms with Crippen LogP contribution in [0.1, 0.15) is 60.9 Å². The summed E-state index contributed by atoms with van der Waals surface area (Å²) in [5.41, 5.74) is 3.27. The summed E-state index contributed by atoms with van der Waals surface area (Å²) in [6.07, 6.45) is 1.000. The Bertz CT molecular complexity index is 1740. The number of rotatable bonds is 14. The fourth-order valence-electron chi connectivity index (χ4n) is 6.59. The van der Waals surface area contributed by atoms with Crippen LogP contribution < -0.4 is 10.6 Å². The summed E-state index contributed by atoms with van der Waals surface area (Å²) in [4.78, 5) is 18.2. The van der Waals surface area contributed by atoms with E-state index >= 15 is 0 Å². The number of hydrogen-bond donors (Lipinski definition) is 5. The van der Waals surface area contributed by atoms with Crippen molar-refractivity contribution in [2.45, 2.75) is 62.7 Å². The van der Waals surface area contributed by atoms with Crippen LogP contribution in [-0.4, -0.2) is 111 Å². The van der Waals surface area contributed by atoms with Crippen molar-refractivity contribution in [2.75, 3.05) is 50.0 Å². The smallest absolute Gasteiger partial charge is 0.226 e. The van der Waals surface area contributed by atoms with E-state index < -0.39 is 24.5 Å². The molecular weight excluding hydrogens is 626 g/mol. The van der Waals surface area contributed by atoms with E-state index in [-0.39, 0.29) is 18.3 Å². The summed E-state index contributed by atoms with van der Waals surface area (Å²) in [6, 6.07) is 20.7. The molecule has 0 radical (unpaired) electrons. The molecule has 0 bridgehead atoms. The fourth-order valence-corrected chi connectivity index (χ4v) is 6.59. The average molecular weight is 670 g/mol. The number of piperidine rings is 1. The Morgan fingerprint density at radius 1 is 0.878 bits per heavy atom. The number of nitrogens with one attached hydrogen (secondary N) is 2. The van der Waals surface area contributed by atoms with Gasteiger partial charge in [-0.2, -0.15) is 14.8 Å². The molecule has 49 heavy (non-hydrogen) atoms. The fraction of sp³-hybridized carbons (Fsp3) is 0.471. The van der Waals surface area contributed by atoms with Crippen LogP contribution in [0.5, 0.6) is 0 Å². The highest BCUT2D eigenvalue weighted by Crippen LogP contribution is 2.39. The molecule has 0 unspecified atom stereocenters. The Morgan fingerprint density at radius 2 is 1.61 bits per heavy atom. The number of hydrogen-bond acceptors (Lipinski definition) is 13. The predicted octanol–water partition coefficient (Wildman–Crippen LogP) is 2.33. The summed E-state index contributed by atoms with van der Waals surface area (Å²) in [5.74, 6) is 1.14. The van der Waals surface area contributed by atoms with Crippen molar-refractivity contribution >= 4 is 22.9 Å². The molecule has 2 aromatic carbocycles. The number of aromatic nitrogens is 8. The molecule has 2 saturated heterocycles. The van der Waals surface area contributed by atoms with Gasteiger partial charge in [-0.15, -0.1) is 10.2 Å². The molecule has 2 aliphatic rings. The van der Waals surface area contributed by atoms with E-state index in [0.717, 1.165) is 19.6 Å². The number of benzene rings is 2. The average Bonchev–Trinajstić information content (AvgIpc) is 3.86. The maximum Gasteiger partial charge on any atom is 0.226 e. The van der Waals surface area contributed by atoms with E-state index in [1.165, 1.54) is 35.2 Å². The number of imidazole rings is 1.